The van der Waals surface area contributed by atoms with Crippen molar-refractivity contribution in [3.05, 3.63) is 81.3 Å². The number of hydrazone groups is 1. The van der Waals surface area contributed by atoms with Crippen LogP contribution in [0.3, 0.4) is 0 Å². The van der Waals surface area contributed by atoms with Gasteiger partial charge in [0, 0.05) is 17.8 Å². The predicted octanol–water partition coefficient (Wildman–Crippen LogP) is 5.86. The summed E-state index contributed by atoms with van der Waals surface area (Å²) in [7, 11) is 0. The molecule has 0 spiro atoms. The second-order valence-corrected chi connectivity index (χ2v) is 9.41. The average molecular weight is 580 g/mol. The van der Waals surface area contributed by atoms with E-state index < -0.39 is 17.7 Å². The van der Waals surface area contributed by atoms with E-state index in [0.29, 0.717) is 24.3 Å². The average Bonchev–Trinajstić information content (AvgIpc) is 2.92. The SMILES string of the molecule is CCOC(=O)NC(=O)C(C#N)=NNc1cc(Cl)c(Oc2ccc3c(c2)CCN(c2ccc(C)cc2)C3=O)c(Cl)c1. The molecule has 0 atom stereocenters. The van der Waals surface area contributed by atoms with Crippen LogP contribution in [0.1, 0.15) is 28.4 Å². The molecule has 3 aromatic carbocycles. The molecule has 0 saturated heterocycles. The minimum Gasteiger partial charge on any atom is -0.454 e. The highest BCUT2D eigenvalue weighted by Crippen LogP contribution is 2.39. The van der Waals surface area contributed by atoms with Crippen molar-refractivity contribution in [2.24, 2.45) is 5.10 Å². The van der Waals surface area contributed by atoms with Crippen LogP contribution in [-0.2, 0) is 16.0 Å². The van der Waals surface area contributed by atoms with Crippen molar-refractivity contribution < 1.29 is 23.9 Å². The molecule has 1 aliphatic heterocycles. The van der Waals surface area contributed by atoms with Gasteiger partial charge in [0.1, 0.15) is 11.8 Å². The first-order valence-electron chi connectivity index (χ1n) is 12.1. The maximum atomic E-state index is 13.1. The van der Waals surface area contributed by atoms with Crippen molar-refractivity contribution >= 4 is 58.2 Å². The summed E-state index contributed by atoms with van der Waals surface area (Å²) in [5.74, 6) is -0.517. The first kappa shape index (κ1) is 28.4. The Labute approximate surface area is 240 Å². The van der Waals surface area contributed by atoms with Crippen LogP contribution in [0.5, 0.6) is 11.5 Å². The van der Waals surface area contributed by atoms with Gasteiger partial charge in [0.05, 0.1) is 22.3 Å². The lowest BCUT2D eigenvalue weighted by molar-refractivity contribution is -0.114. The van der Waals surface area contributed by atoms with Crippen LogP contribution in [-0.4, -0.2) is 36.8 Å². The number of nitrogens with one attached hydrogen (secondary N) is 2. The van der Waals surface area contributed by atoms with Crippen LogP contribution in [0.15, 0.2) is 59.7 Å². The molecule has 1 heterocycles. The van der Waals surface area contributed by atoms with Crippen molar-refractivity contribution in [2.45, 2.75) is 20.3 Å². The number of amides is 3. The topological polar surface area (TPSA) is 133 Å². The zero-order valence-corrected chi connectivity index (χ0v) is 23.0. The molecule has 0 aliphatic carbocycles. The first-order chi connectivity index (χ1) is 19.2. The minimum atomic E-state index is -1.04. The Morgan fingerprint density at radius 3 is 2.45 bits per heavy atom. The Morgan fingerprint density at radius 1 is 1.10 bits per heavy atom. The summed E-state index contributed by atoms with van der Waals surface area (Å²) in [5.41, 5.74) is 5.54. The fourth-order valence-electron chi connectivity index (χ4n) is 3.91. The Hall–Kier alpha value is -4.59. The molecular weight excluding hydrogens is 557 g/mol. The highest BCUT2D eigenvalue weighted by molar-refractivity contribution is 6.47. The van der Waals surface area contributed by atoms with Crippen LogP contribution >= 0.6 is 23.2 Å². The molecule has 3 aromatic rings. The number of carbonyl (C=O) groups excluding carboxylic acids is 3. The number of hydrogen-bond acceptors (Lipinski definition) is 8. The molecule has 0 aromatic heterocycles. The van der Waals surface area contributed by atoms with Crippen molar-refractivity contribution in [1.29, 1.82) is 5.26 Å². The monoisotopic (exact) mass is 579 g/mol. The number of nitriles is 1. The van der Waals surface area contributed by atoms with E-state index in [9.17, 15) is 19.6 Å². The van der Waals surface area contributed by atoms with Gasteiger partial charge in [-0.25, -0.2) is 4.79 Å². The molecule has 1 aliphatic rings. The number of rotatable bonds is 7. The highest BCUT2D eigenvalue weighted by Gasteiger charge is 2.26. The normalized spacial score (nSPS) is 12.7. The summed E-state index contributed by atoms with van der Waals surface area (Å²) in [5, 5.41) is 15.0. The summed E-state index contributed by atoms with van der Waals surface area (Å²) in [6.07, 6.45) is -0.363. The number of benzene rings is 3. The van der Waals surface area contributed by atoms with Crippen LogP contribution in [0, 0.1) is 18.3 Å². The Bertz CT molecular complexity index is 1530. The minimum absolute atomic E-state index is 0.0536. The number of aryl methyl sites for hydroxylation is 1. The van der Waals surface area contributed by atoms with Gasteiger partial charge in [-0.15, -0.1) is 0 Å². The van der Waals surface area contributed by atoms with Crippen molar-refractivity contribution in [1.82, 2.24) is 5.32 Å². The number of imide groups is 1. The molecule has 3 amide bonds. The van der Waals surface area contributed by atoms with Crippen LogP contribution < -0.4 is 20.4 Å². The summed E-state index contributed by atoms with van der Waals surface area (Å²) < 4.78 is 10.6. The van der Waals surface area contributed by atoms with Gasteiger partial charge in [0.25, 0.3) is 11.8 Å². The lowest BCUT2D eigenvalue weighted by Crippen LogP contribution is -2.37. The first-order valence-corrected chi connectivity index (χ1v) is 12.9. The van der Waals surface area contributed by atoms with Crippen LogP contribution in [0.4, 0.5) is 16.2 Å². The van der Waals surface area contributed by atoms with Crippen molar-refractivity contribution in [3.63, 3.8) is 0 Å². The maximum Gasteiger partial charge on any atom is 0.414 e. The van der Waals surface area contributed by atoms with Crippen molar-refractivity contribution in [2.75, 3.05) is 23.5 Å². The van der Waals surface area contributed by atoms with Gasteiger partial charge in [-0.2, -0.15) is 10.4 Å². The van der Waals surface area contributed by atoms with E-state index in [2.05, 4.69) is 15.3 Å². The van der Waals surface area contributed by atoms with E-state index in [4.69, 9.17) is 27.9 Å². The van der Waals surface area contributed by atoms with Gasteiger partial charge in [-0.1, -0.05) is 40.9 Å². The number of hydrogen-bond donors (Lipinski definition) is 2. The molecule has 40 heavy (non-hydrogen) atoms. The largest absolute Gasteiger partial charge is 0.454 e. The quantitative estimate of drug-likeness (QED) is 0.264. The van der Waals surface area contributed by atoms with Gasteiger partial charge in [0.15, 0.2) is 5.75 Å². The van der Waals surface area contributed by atoms with E-state index in [1.165, 1.54) is 12.1 Å². The molecule has 0 fully saturated rings. The highest BCUT2D eigenvalue weighted by atomic mass is 35.5. The molecule has 0 saturated carbocycles. The molecule has 0 bridgehead atoms. The summed E-state index contributed by atoms with van der Waals surface area (Å²) in [4.78, 5) is 38.3. The van der Waals surface area contributed by atoms with Crippen molar-refractivity contribution in [3.8, 4) is 17.6 Å². The third kappa shape index (κ3) is 6.51. The zero-order valence-electron chi connectivity index (χ0n) is 21.5. The summed E-state index contributed by atoms with van der Waals surface area (Å²) in [6, 6.07) is 17.4. The number of fused-ring (bicyclic) bond motifs is 1. The number of halogens is 2. The number of alkyl carbamates (subject to hydrolysis) is 1. The lowest BCUT2D eigenvalue weighted by atomic mass is 9.98. The molecule has 0 radical (unpaired) electrons. The van der Waals surface area contributed by atoms with E-state index in [-0.39, 0.29) is 34.0 Å². The number of ether oxygens (including phenoxy) is 2. The predicted molar refractivity (Wildman–Crippen MR) is 151 cm³/mol. The third-order valence-corrected chi connectivity index (χ3v) is 6.39. The molecule has 12 heteroatoms. The van der Waals surface area contributed by atoms with Gasteiger partial charge < -0.3 is 14.4 Å². The molecular formula is C28H23Cl2N5O5. The smallest absolute Gasteiger partial charge is 0.414 e. The van der Waals surface area contributed by atoms with Gasteiger partial charge in [-0.05, 0) is 68.3 Å². The standard InChI is InChI=1S/C28H23Cl2N5O5/c1-3-39-28(38)32-26(36)24(15-31)34-33-18-13-22(29)25(23(30)14-18)40-20-8-9-21-17(12-20)10-11-35(27(21)37)19-6-4-16(2)5-7-19/h4-9,12-14,33H,3,10-11H2,1-2H3,(H,32,36,38). The van der Waals surface area contributed by atoms with E-state index in [1.807, 2.05) is 36.5 Å². The summed E-state index contributed by atoms with van der Waals surface area (Å²) in [6.45, 7) is 4.15. The fourth-order valence-corrected chi connectivity index (χ4v) is 4.47. The van der Waals surface area contributed by atoms with E-state index >= 15 is 0 Å². The molecule has 4 rings (SSSR count). The van der Waals surface area contributed by atoms with Gasteiger partial charge in [0.2, 0.25) is 5.71 Å². The Morgan fingerprint density at radius 2 is 1.80 bits per heavy atom. The lowest BCUT2D eigenvalue weighted by Gasteiger charge is -2.29. The van der Waals surface area contributed by atoms with Crippen LogP contribution in [0.2, 0.25) is 10.0 Å². The molecule has 2 N–H and O–H groups in total. The Kier molecular flexibility index (Phi) is 8.89. The number of anilines is 2. The van der Waals surface area contributed by atoms with Crippen LogP contribution in [0.25, 0.3) is 0 Å². The number of carbonyl (C=O) groups is 3. The maximum absolute atomic E-state index is 13.1. The fraction of sp³-hybridized carbons (Fsp3) is 0.179. The van der Waals surface area contributed by atoms with E-state index in [0.717, 1.165) is 16.8 Å². The van der Waals surface area contributed by atoms with E-state index in [1.54, 1.807) is 36.1 Å². The second-order valence-electron chi connectivity index (χ2n) is 8.59. The zero-order chi connectivity index (χ0) is 28.8. The number of nitrogens with zero attached hydrogens (tertiary/aromatic N) is 3. The summed E-state index contributed by atoms with van der Waals surface area (Å²) >= 11 is 12.8. The third-order valence-electron chi connectivity index (χ3n) is 5.83. The van der Waals surface area contributed by atoms with Gasteiger partial charge >= 0.3 is 6.09 Å². The Balaban J connectivity index is 1.47. The molecule has 10 nitrogen and oxygen atoms in total. The van der Waals surface area contributed by atoms with Gasteiger partial charge in [-0.3, -0.25) is 20.3 Å². The second kappa shape index (κ2) is 12.5. The molecule has 0 unspecified atom stereocenters. The molecule has 204 valence electrons.